The molecule has 136 valence electrons. The van der Waals surface area contributed by atoms with E-state index in [1.807, 2.05) is 27.7 Å². The van der Waals surface area contributed by atoms with Crippen molar-refractivity contribution in [1.29, 1.82) is 0 Å². The van der Waals surface area contributed by atoms with Gasteiger partial charge in [0, 0.05) is 0 Å². The van der Waals surface area contributed by atoms with Gasteiger partial charge in [0.1, 0.15) is 0 Å². The van der Waals surface area contributed by atoms with Crippen LogP contribution in [0.1, 0.15) is 87.5 Å². The molecule has 0 aliphatic heterocycles. The summed E-state index contributed by atoms with van der Waals surface area (Å²) in [5.74, 6) is 0. The van der Waals surface area contributed by atoms with Crippen molar-refractivity contribution < 1.29 is 8.78 Å². The quantitative estimate of drug-likeness (QED) is 0.240. The van der Waals surface area contributed by atoms with Gasteiger partial charge in [-0.1, -0.05) is 86.8 Å². The Morgan fingerprint density at radius 2 is 1.10 bits per heavy atom. The minimum Gasteiger partial charge on any atom is -0.255 e. The Balaban J connectivity index is -0.0000000245. The van der Waals surface area contributed by atoms with Gasteiger partial charge in [0.2, 0.25) is 0 Å². The van der Waals surface area contributed by atoms with Gasteiger partial charge in [0.25, 0.3) is 0 Å². The van der Waals surface area contributed by atoms with Crippen LogP contribution in [0.5, 0.6) is 0 Å². The molecule has 0 N–H and O–H groups in total. The first kappa shape index (κ1) is 42.9. The molecule has 0 fully saturated rings. The maximum atomic E-state index is 11.1. The van der Waals surface area contributed by atoms with Crippen LogP contribution in [0, 0.1) is 0 Å². The lowest BCUT2D eigenvalue weighted by molar-refractivity contribution is 0.636. The lowest BCUT2D eigenvalue weighted by Gasteiger charge is -1.77. The normalized spacial score (nSPS) is 6.43. The number of unbranched alkanes of at least 4 members (excludes halogenated alkanes) is 2. The summed E-state index contributed by atoms with van der Waals surface area (Å²) >= 11 is 0. The standard InChI is InChI=1S/C6H9F.C4H10.C3H8.2C2H6.CH3F.HI/c1-2-3-4-5-6-7;1-3-4-2;1-3-2;3*1-2;/h2,5-6H,1,3-4H2;3-4H2,1-2H3;3H2,1-2H3;2*1-2H3;1H3;1H/b6-5+;;;;;;. The SMILES string of the molecule is C=CCC/C=C/F.CC.CC.CCC.CCCC.CF.I. The van der Waals surface area contributed by atoms with Crippen molar-refractivity contribution in [3.8, 4) is 0 Å². The van der Waals surface area contributed by atoms with Crippen molar-refractivity contribution >= 4 is 24.0 Å². The van der Waals surface area contributed by atoms with Crippen LogP contribution in [0.15, 0.2) is 25.1 Å². The topological polar surface area (TPSA) is 0 Å². The van der Waals surface area contributed by atoms with E-state index in [0.717, 1.165) is 12.8 Å². The van der Waals surface area contributed by atoms with E-state index in [1.165, 1.54) is 25.3 Å². The van der Waals surface area contributed by atoms with E-state index in [1.54, 1.807) is 6.08 Å². The fourth-order valence-corrected chi connectivity index (χ4v) is 0.277. The van der Waals surface area contributed by atoms with Crippen LogP contribution in [0.2, 0.25) is 0 Å². The zero-order chi connectivity index (χ0) is 17.7. The molecule has 0 amide bonds. The second-order valence-corrected chi connectivity index (χ2v) is 2.93. The van der Waals surface area contributed by atoms with Crippen LogP contribution in [0.4, 0.5) is 8.78 Å². The molecule has 0 rings (SSSR count). The van der Waals surface area contributed by atoms with Crippen molar-refractivity contribution in [3.05, 3.63) is 25.1 Å². The van der Waals surface area contributed by atoms with E-state index in [2.05, 4.69) is 34.3 Å². The van der Waals surface area contributed by atoms with Gasteiger partial charge in [-0.3, -0.25) is 4.39 Å². The molecule has 0 saturated carbocycles. The summed E-state index contributed by atoms with van der Waals surface area (Å²) in [6.07, 6.45) is 9.31. The number of alkyl halides is 1. The van der Waals surface area contributed by atoms with Crippen molar-refractivity contribution in [3.63, 3.8) is 0 Å². The Hall–Kier alpha value is 0.0700. The molecule has 0 bridgehead atoms. The molecule has 0 heterocycles. The molecule has 0 saturated heterocycles. The molecule has 0 aliphatic carbocycles. The molecule has 21 heavy (non-hydrogen) atoms. The van der Waals surface area contributed by atoms with Crippen LogP contribution in [0.3, 0.4) is 0 Å². The molecule has 0 unspecified atom stereocenters. The third-order valence-corrected chi connectivity index (χ3v) is 1.13. The predicted molar refractivity (Wildman–Crippen MR) is 111 cm³/mol. The summed E-state index contributed by atoms with van der Waals surface area (Å²) in [7, 11) is 0.500. The molecule has 0 aromatic heterocycles. The van der Waals surface area contributed by atoms with Crippen LogP contribution in [-0.2, 0) is 0 Å². The fraction of sp³-hybridized carbons (Fsp3) is 0.778. The second kappa shape index (κ2) is 112. The van der Waals surface area contributed by atoms with E-state index >= 15 is 0 Å². The molecule has 0 spiro atoms. The Morgan fingerprint density at radius 3 is 1.24 bits per heavy atom. The number of halogens is 3. The first-order valence-corrected chi connectivity index (χ1v) is 7.98. The van der Waals surface area contributed by atoms with E-state index in [9.17, 15) is 8.78 Å². The van der Waals surface area contributed by atoms with Crippen LogP contribution >= 0.6 is 24.0 Å². The van der Waals surface area contributed by atoms with Crippen LogP contribution in [-0.4, -0.2) is 7.18 Å². The minimum absolute atomic E-state index is 0. The molecular weight excluding hydrogens is 381 g/mol. The second-order valence-electron chi connectivity index (χ2n) is 2.93. The molecule has 3 heteroatoms. The van der Waals surface area contributed by atoms with Crippen molar-refractivity contribution in [1.82, 2.24) is 0 Å². The Kier molecular flexibility index (Phi) is 229. The number of allylic oxidation sites excluding steroid dienone is 2. The lowest BCUT2D eigenvalue weighted by atomic mass is 10.3. The highest BCUT2D eigenvalue weighted by atomic mass is 127. The maximum Gasteiger partial charge on any atom is 0.0827 e. The lowest BCUT2D eigenvalue weighted by Crippen LogP contribution is -1.58. The molecule has 0 atom stereocenters. The highest BCUT2D eigenvalue weighted by molar-refractivity contribution is 14.0. The number of hydrogen-bond donors (Lipinski definition) is 0. The van der Waals surface area contributed by atoms with Gasteiger partial charge in [0.05, 0.1) is 13.5 Å². The summed E-state index contributed by atoms with van der Waals surface area (Å²) in [5, 5.41) is 0. The molecule has 0 radical (unpaired) electrons. The van der Waals surface area contributed by atoms with Gasteiger partial charge in [0.15, 0.2) is 0 Å². The van der Waals surface area contributed by atoms with Crippen molar-refractivity contribution in [2.24, 2.45) is 0 Å². The molecule has 0 aromatic rings. The summed E-state index contributed by atoms with van der Waals surface area (Å²) in [6.45, 7) is 20.1. The van der Waals surface area contributed by atoms with Gasteiger partial charge < -0.3 is 0 Å². The largest absolute Gasteiger partial charge is 0.255 e. The molecule has 0 aliphatic rings. The number of rotatable bonds is 4. The van der Waals surface area contributed by atoms with Gasteiger partial charge in [-0.05, 0) is 12.8 Å². The smallest absolute Gasteiger partial charge is 0.0827 e. The zero-order valence-electron chi connectivity index (χ0n) is 16.1. The third-order valence-electron chi connectivity index (χ3n) is 1.13. The highest BCUT2D eigenvalue weighted by Crippen LogP contribution is 1.89. The van der Waals surface area contributed by atoms with Crippen molar-refractivity contribution in [2.45, 2.75) is 87.5 Å². The van der Waals surface area contributed by atoms with Gasteiger partial charge in [-0.25, -0.2) is 4.39 Å². The maximum absolute atomic E-state index is 11.1. The minimum atomic E-state index is 0. The average molecular weight is 424 g/mol. The zero-order valence-corrected chi connectivity index (χ0v) is 18.5. The highest BCUT2D eigenvalue weighted by Gasteiger charge is 1.70. The van der Waals surface area contributed by atoms with Gasteiger partial charge in [-0.2, -0.15) is 0 Å². The van der Waals surface area contributed by atoms with Crippen molar-refractivity contribution in [2.75, 3.05) is 7.18 Å². The number of hydrogen-bond acceptors (Lipinski definition) is 0. The third kappa shape index (κ3) is 255. The molecule has 0 nitrogen and oxygen atoms in total. The first-order chi connectivity index (χ1) is 9.74. The van der Waals surface area contributed by atoms with E-state index in [4.69, 9.17) is 0 Å². The van der Waals surface area contributed by atoms with Gasteiger partial charge >= 0.3 is 0 Å². The summed E-state index contributed by atoms with van der Waals surface area (Å²) in [5.41, 5.74) is 0. The van der Waals surface area contributed by atoms with E-state index in [0.29, 0.717) is 13.5 Å². The first-order valence-electron chi connectivity index (χ1n) is 7.98. The predicted octanol–water partition coefficient (Wildman–Crippen LogP) is 8.91. The Bertz CT molecular complexity index is 103. The van der Waals surface area contributed by atoms with Gasteiger partial charge in [-0.15, -0.1) is 30.6 Å². The molecular formula is C18H43F2I. The Morgan fingerprint density at radius 1 is 0.810 bits per heavy atom. The summed E-state index contributed by atoms with van der Waals surface area (Å²) in [4.78, 5) is 0. The van der Waals surface area contributed by atoms with E-state index < -0.39 is 0 Å². The molecule has 0 aromatic carbocycles. The van der Waals surface area contributed by atoms with Crippen LogP contribution in [0.25, 0.3) is 0 Å². The van der Waals surface area contributed by atoms with Crippen LogP contribution < -0.4 is 0 Å². The summed E-state index contributed by atoms with van der Waals surface area (Å²) < 4.78 is 20.6. The Labute approximate surface area is 152 Å². The van der Waals surface area contributed by atoms with E-state index in [-0.39, 0.29) is 24.0 Å². The monoisotopic (exact) mass is 424 g/mol. The summed E-state index contributed by atoms with van der Waals surface area (Å²) in [6, 6.07) is 0. The average Bonchev–Trinajstić information content (AvgIpc) is 2.55. The fourth-order valence-electron chi connectivity index (χ4n) is 0.277.